The zero-order valence-electron chi connectivity index (χ0n) is 16.8. The summed E-state index contributed by atoms with van der Waals surface area (Å²) in [7, 11) is 1.82. The molecule has 0 saturated carbocycles. The van der Waals surface area contributed by atoms with E-state index in [4.69, 9.17) is 16.6 Å². The Morgan fingerprint density at radius 3 is 2.72 bits per heavy atom. The Kier molecular flexibility index (Phi) is 5.24. The largest absolute Gasteiger partial charge is 0.341 e. The Bertz CT molecular complexity index is 1210. The van der Waals surface area contributed by atoms with Crippen LogP contribution in [0.25, 0.3) is 16.6 Å². The minimum Gasteiger partial charge on any atom is -0.341 e. The normalized spacial score (nSPS) is 11.3. The van der Waals surface area contributed by atoms with E-state index in [1.165, 1.54) is 0 Å². The average molecular weight is 407 g/mol. The molecule has 2 aromatic carbocycles. The lowest BCUT2D eigenvalue weighted by Gasteiger charge is -2.18. The third-order valence-electron chi connectivity index (χ3n) is 5.34. The number of halogens is 1. The van der Waals surface area contributed by atoms with E-state index < -0.39 is 0 Å². The fourth-order valence-electron chi connectivity index (χ4n) is 3.76. The number of aromatic nitrogens is 3. The molecule has 0 radical (unpaired) electrons. The molecule has 29 heavy (non-hydrogen) atoms. The number of benzene rings is 2. The summed E-state index contributed by atoms with van der Waals surface area (Å²) >= 11 is 6.04. The Morgan fingerprint density at radius 1 is 1.14 bits per heavy atom. The minimum atomic E-state index is 0.0921. The van der Waals surface area contributed by atoms with E-state index in [1.54, 1.807) is 4.90 Å². The molecule has 5 nitrogen and oxygen atoms in total. The number of amides is 1. The molecule has 0 aliphatic heterocycles. The van der Waals surface area contributed by atoms with Gasteiger partial charge in [0.15, 0.2) is 5.65 Å². The number of hydrogen-bond acceptors (Lipinski definition) is 3. The number of carbonyl (C=O) groups excluding carboxylic acids is 1. The predicted molar refractivity (Wildman–Crippen MR) is 116 cm³/mol. The van der Waals surface area contributed by atoms with Crippen LogP contribution in [-0.2, 0) is 17.8 Å². The maximum atomic E-state index is 12.7. The van der Waals surface area contributed by atoms with Gasteiger partial charge in [-0.15, -0.1) is 0 Å². The van der Waals surface area contributed by atoms with E-state index in [2.05, 4.69) is 5.10 Å². The number of nitrogens with zero attached hydrogens (tertiary/aromatic N) is 4. The fraction of sp³-hybridized carbons (Fsp3) is 0.261. The highest BCUT2D eigenvalue weighted by Crippen LogP contribution is 2.23. The van der Waals surface area contributed by atoms with E-state index >= 15 is 0 Å². The molecular formula is C23H23ClN4O. The molecule has 0 saturated heterocycles. The van der Waals surface area contributed by atoms with Crippen molar-refractivity contribution < 1.29 is 4.79 Å². The van der Waals surface area contributed by atoms with Crippen LogP contribution in [0.2, 0.25) is 5.02 Å². The second-order valence-corrected chi connectivity index (χ2v) is 7.83. The first-order valence-electron chi connectivity index (χ1n) is 9.66. The van der Waals surface area contributed by atoms with Gasteiger partial charge in [0, 0.05) is 41.8 Å². The minimum absolute atomic E-state index is 0.0921. The summed E-state index contributed by atoms with van der Waals surface area (Å²) in [4.78, 5) is 19.2. The highest BCUT2D eigenvalue weighted by Gasteiger charge is 2.16. The van der Waals surface area contributed by atoms with Crippen LogP contribution in [0.5, 0.6) is 0 Å². The molecule has 2 aromatic heterocycles. The zero-order valence-corrected chi connectivity index (χ0v) is 17.6. The molecule has 0 unspecified atom stereocenters. The van der Waals surface area contributed by atoms with Gasteiger partial charge in [-0.2, -0.15) is 5.10 Å². The van der Waals surface area contributed by atoms with Crippen molar-refractivity contribution in [3.63, 3.8) is 0 Å². The first-order chi connectivity index (χ1) is 13.9. The Balaban J connectivity index is 1.53. The molecule has 0 N–H and O–H groups in total. The van der Waals surface area contributed by atoms with Gasteiger partial charge in [-0.25, -0.2) is 9.50 Å². The number of carbonyl (C=O) groups is 1. The summed E-state index contributed by atoms with van der Waals surface area (Å²) < 4.78 is 1.90. The molecule has 0 aliphatic carbocycles. The third kappa shape index (κ3) is 3.83. The molecule has 0 spiro atoms. The monoisotopic (exact) mass is 406 g/mol. The Morgan fingerprint density at radius 2 is 1.93 bits per heavy atom. The predicted octanol–water partition coefficient (Wildman–Crippen LogP) is 4.74. The van der Waals surface area contributed by atoms with Crippen LogP contribution in [0, 0.1) is 13.8 Å². The van der Waals surface area contributed by atoms with Gasteiger partial charge in [-0.05, 0) is 55.7 Å². The molecule has 6 heteroatoms. The fourth-order valence-corrected chi connectivity index (χ4v) is 3.97. The highest BCUT2D eigenvalue weighted by molar-refractivity contribution is 6.30. The van der Waals surface area contributed by atoms with Crippen LogP contribution < -0.4 is 0 Å². The van der Waals surface area contributed by atoms with E-state index in [0.29, 0.717) is 24.4 Å². The third-order valence-corrected chi connectivity index (χ3v) is 5.58. The van der Waals surface area contributed by atoms with Crippen molar-refractivity contribution in [1.82, 2.24) is 19.5 Å². The van der Waals surface area contributed by atoms with Crippen LogP contribution in [0.1, 0.15) is 28.9 Å². The van der Waals surface area contributed by atoms with Crippen LogP contribution in [0.3, 0.4) is 0 Å². The lowest BCUT2D eigenvalue weighted by molar-refractivity contribution is -0.130. The van der Waals surface area contributed by atoms with Gasteiger partial charge in [0.1, 0.15) is 0 Å². The number of fused-ring (bicyclic) bond motifs is 3. The summed E-state index contributed by atoms with van der Waals surface area (Å²) in [5.74, 6) is 0.0921. The summed E-state index contributed by atoms with van der Waals surface area (Å²) in [6.45, 7) is 4.59. The van der Waals surface area contributed by atoms with Crippen molar-refractivity contribution in [3.8, 4) is 0 Å². The first kappa shape index (κ1) is 19.4. The van der Waals surface area contributed by atoms with Gasteiger partial charge >= 0.3 is 0 Å². The second kappa shape index (κ2) is 7.84. The van der Waals surface area contributed by atoms with Gasteiger partial charge in [0.25, 0.3) is 0 Å². The number of hydrogen-bond donors (Lipinski definition) is 0. The molecule has 4 rings (SSSR count). The molecule has 0 atom stereocenters. The number of rotatable bonds is 5. The molecule has 0 bridgehead atoms. The van der Waals surface area contributed by atoms with Gasteiger partial charge in [0.2, 0.25) is 5.91 Å². The van der Waals surface area contributed by atoms with Gasteiger partial charge < -0.3 is 4.90 Å². The van der Waals surface area contributed by atoms with Crippen molar-refractivity contribution >= 4 is 34.1 Å². The molecule has 2 heterocycles. The first-order valence-corrected chi connectivity index (χ1v) is 10.0. The summed E-state index contributed by atoms with van der Waals surface area (Å²) in [6.07, 6.45) is 1.06. The summed E-state index contributed by atoms with van der Waals surface area (Å²) in [6, 6.07) is 15.6. The lowest BCUT2D eigenvalue weighted by Crippen LogP contribution is -2.26. The summed E-state index contributed by atoms with van der Waals surface area (Å²) in [5, 5.41) is 6.41. The average Bonchev–Trinajstić information content (AvgIpc) is 3.06. The van der Waals surface area contributed by atoms with Gasteiger partial charge in [-0.3, -0.25) is 4.79 Å². The Hall–Kier alpha value is -2.92. The maximum absolute atomic E-state index is 12.7. The summed E-state index contributed by atoms with van der Waals surface area (Å²) in [5.41, 5.74) is 5.88. The molecule has 4 aromatic rings. The topological polar surface area (TPSA) is 50.5 Å². The van der Waals surface area contributed by atoms with Gasteiger partial charge in [0.05, 0.1) is 5.52 Å². The molecule has 0 fully saturated rings. The maximum Gasteiger partial charge on any atom is 0.222 e. The van der Waals surface area contributed by atoms with Crippen molar-refractivity contribution in [1.29, 1.82) is 0 Å². The lowest BCUT2D eigenvalue weighted by atomic mass is 10.1. The van der Waals surface area contributed by atoms with Crippen LogP contribution in [-0.4, -0.2) is 32.5 Å². The standard InChI is InChI=1S/C23H23ClN4O/c1-15-19(11-12-22(29)27(3)14-17-7-6-8-18(24)13-17)16(2)28-23(25-15)20-9-4-5-10-21(20)26-28/h4-10,13H,11-12,14H2,1-3H3. The van der Waals surface area contributed by atoms with Crippen molar-refractivity contribution in [2.24, 2.45) is 0 Å². The Labute approximate surface area is 174 Å². The molecule has 0 aliphatic rings. The van der Waals surface area contributed by atoms with E-state index in [-0.39, 0.29) is 5.91 Å². The van der Waals surface area contributed by atoms with Gasteiger partial charge in [-0.1, -0.05) is 35.9 Å². The highest BCUT2D eigenvalue weighted by atomic mass is 35.5. The van der Waals surface area contributed by atoms with E-state index in [0.717, 1.165) is 39.1 Å². The molecular weight excluding hydrogens is 384 g/mol. The molecule has 148 valence electrons. The second-order valence-electron chi connectivity index (χ2n) is 7.39. The van der Waals surface area contributed by atoms with Crippen LogP contribution in [0.4, 0.5) is 0 Å². The smallest absolute Gasteiger partial charge is 0.222 e. The van der Waals surface area contributed by atoms with Crippen LogP contribution in [0.15, 0.2) is 48.5 Å². The van der Waals surface area contributed by atoms with Crippen molar-refractivity contribution in [3.05, 3.63) is 76.1 Å². The van der Waals surface area contributed by atoms with E-state index in [1.807, 2.05) is 73.9 Å². The van der Waals surface area contributed by atoms with E-state index in [9.17, 15) is 4.79 Å². The zero-order chi connectivity index (χ0) is 20.5. The van der Waals surface area contributed by atoms with Crippen LogP contribution >= 0.6 is 11.6 Å². The molecule has 1 amide bonds. The SMILES string of the molecule is Cc1nc2c3ccccc3nn2c(C)c1CCC(=O)N(C)Cc1cccc(Cl)c1. The quantitative estimate of drug-likeness (QED) is 0.480. The van der Waals surface area contributed by atoms with Crippen molar-refractivity contribution in [2.75, 3.05) is 7.05 Å². The number of aryl methyl sites for hydroxylation is 2. The van der Waals surface area contributed by atoms with Crippen molar-refractivity contribution in [2.45, 2.75) is 33.2 Å².